The van der Waals surface area contributed by atoms with E-state index in [9.17, 15) is 4.79 Å². The molecule has 0 saturated carbocycles. The van der Waals surface area contributed by atoms with Crippen LogP contribution in [0.2, 0.25) is 0 Å². The number of benzene rings is 3. The topological polar surface area (TPSA) is 43.1 Å². The molecular weight excluding hydrogens is 314 g/mol. The summed E-state index contributed by atoms with van der Waals surface area (Å²) < 4.78 is 0. The zero-order valence-corrected chi connectivity index (χ0v) is 14.0. The fraction of sp³-hybridized carbons (Fsp3) is 0.0952. The molecule has 0 spiro atoms. The van der Waals surface area contributed by atoms with Crippen molar-refractivity contribution >= 4 is 23.2 Å². The van der Waals surface area contributed by atoms with Crippen LogP contribution in [0.15, 0.2) is 71.6 Å². The highest BCUT2D eigenvalue weighted by Crippen LogP contribution is 2.36. The van der Waals surface area contributed by atoms with Crippen molar-refractivity contribution in [1.29, 1.82) is 0 Å². The van der Waals surface area contributed by atoms with Gasteiger partial charge in [0.2, 0.25) is 0 Å². The molecule has 3 aromatic carbocycles. The number of hydrogen-bond acceptors (Lipinski definition) is 3. The Labute approximate surface area is 145 Å². The molecule has 2 nitrogen and oxygen atoms in total. The summed E-state index contributed by atoms with van der Waals surface area (Å²) in [6.07, 6.45) is 0.914. The number of nitrogens with two attached hydrogens (primary N) is 1. The maximum absolute atomic E-state index is 12.5. The molecule has 3 heteroatoms. The van der Waals surface area contributed by atoms with Crippen LogP contribution >= 0.6 is 11.8 Å². The summed E-state index contributed by atoms with van der Waals surface area (Å²) in [6, 6.07) is 22.2. The molecule has 0 heterocycles. The molecule has 1 aliphatic carbocycles. The van der Waals surface area contributed by atoms with Gasteiger partial charge in [-0.15, -0.1) is 11.8 Å². The highest BCUT2D eigenvalue weighted by atomic mass is 32.2. The van der Waals surface area contributed by atoms with E-state index in [0.29, 0.717) is 5.75 Å². The number of ketones is 1. The van der Waals surface area contributed by atoms with Gasteiger partial charge in [-0.1, -0.05) is 36.4 Å². The second-order valence-corrected chi connectivity index (χ2v) is 7.04. The molecule has 118 valence electrons. The summed E-state index contributed by atoms with van der Waals surface area (Å²) in [5, 5.41) is 0. The minimum atomic E-state index is 0.163. The van der Waals surface area contributed by atoms with Crippen LogP contribution in [0.4, 0.5) is 5.69 Å². The first-order chi connectivity index (χ1) is 11.7. The first-order valence-electron chi connectivity index (χ1n) is 7.93. The van der Waals surface area contributed by atoms with Crippen molar-refractivity contribution in [1.82, 2.24) is 0 Å². The summed E-state index contributed by atoms with van der Waals surface area (Å²) in [5.41, 5.74) is 12.4. The first kappa shape index (κ1) is 15.0. The number of fused-ring (bicyclic) bond motifs is 3. The van der Waals surface area contributed by atoms with Crippen molar-refractivity contribution in [2.45, 2.75) is 11.3 Å². The first-order valence-corrected chi connectivity index (χ1v) is 8.92. The Morgan fingerprint density at radius 2 is 1.67 bits per heavy atom. The van der Waals surface area contributed by atoms with E-state index in [1.54, 1.807) is 11.8 Å². The number of nitrogen functional groups attached to an aromatic ring is 1. The maximum Gasteiger partial charge on any atom is 0.173 e. The Kier molecular flexibility index (Phi) is 3.87. The molecule has 0 atom stereocenters. The van der Waals surface area contributed by atoms with Gasteiger partial charge in [-0.3, -0.25) is 4.79 Å². The van der Waals surface area contributed by atoms with Crippen molar-refractivity contribution in [3.05, 3.63) is 83.4 Å². The molecule has 0 amide bonds. The lowest BCUT2D eigenvalue weighted by Gasteiger charge is -2.05. The molecule has 4 rings (SSSR count). The van der Waals surface area contributed by atoms with Gasteiger partial charge in [0.1, 0.15) is 0 Å². The zero-order valence-electron chi connectivity index (χ0n) is 13.2. The lowest BCUT2D eigenvalue weighted by atomic mass is 10.0. The quantitative estimate of drug-likeness (QED) is 0.331. The Morgan fingerprint density at radius 1 is 0.917 bits per heavy atom. The fourth-order valence-corrected chi connectivity index (χ4v) is 3.91. The van der Waals surface area contributed by atoms with Gasteiger partial charge >= 0.3 is 0 Å². The second-order valence-electron chi connectivity index (χ2n) is 5.99. The van der Waals surface area contributed by atoms with Crippen LogP contribution in [0.3, 0.4) is 0 Å². The minimum Gasteiger partial charge on any atom is -0.399 e. The molecule has 3 aromatic rings. The van der Waals surface area contributed by atoms with Crippen molar-refractivity contribution < 1.29 is 4.79 Å². The van der Waals surface area contributed by atoms with Gasteiger partial charge < -0.3 is 5.73 Å². The molecule has 24 heavy (non-hydrogen) atoms. The molecule has 0 fully saturated rings. The molecular formula is C21H17NOS. The van der Waals surface area contributed by atoms with Gasteiger partial charge in [-0.25, -0.2) is 0 Å². The van der Waals surface area contributed by atoms with Crippen molar-refractivity contribution in [2.24, 2.45) is 0 Å². The fourth-order valence-electron chi connectivity index (χ4n) is 3.11. The zero-order chi connectivity index (χ0) is 16.5. The lowest BCUT2D eigenvalue weighted by Crippen LogP contribution is -2.03. The van der Waals surface area contributed by atoms with Gasteiger partial charge in [0.15, 0.2) is 5.78 Å². The van der Waals surface area contributed by atoms with Crippen LogP contribution in [0.1, 0.15) is 21.5 Å². The third-order valence-electron chi connectivity index (χ3n) is 4.37. The van der Waals surface area contributed by atoms with Crippen LogP contribution in [0, 0.1) is 0 Å². The van der Waals surface area contributed by atoms with Gasteiger partial charge in [-0.2, -0.15) is 0 Å². The van der Waals surface area contributed by atoms with Crippen LogP contribution < -0.4 is 5.73 Å². The molecule has 0 aliphatic heterocycles. The van der Waals surface area contributed by atoms with Crippen molar-refractivity contribution in [3.8, 4) is 11.1 Å². The number of anilines is 1. The number of thioether (sulfide) groups is 1. The molecule has 0 aromatic heterocycles. The number of carbonyl (C=O) groups is 1. The number of carbonyl (C=O) groups excluding carboxylic acids is 1. The monoisotopic (exact) mass is 331 g/mol. The van der Waals surface area contributed by atoms with E-state index < -0.39 is 0 Å². The molecule has 1 aliphatic rings. The van der Waals surface area contributed by atoms with E-state index in [1.165, 1.54) is 22.3 Å². The van der Waals surface area contributed by atoms with E-state index in [1.807, 2.05) is 30.3 Å². The average Bonchev–Trinajstić information content (AvgIpc) is 2.98. The Bertz CT molecular complexity index is 915. The number of hydrogen-bond donors (Lipinski definition) is 1. The van der Waals surface area contributed by atoms with Gasteiger partial charge in [0.25, 0.3) is 0 Å². The molecule has 0 unspecified atom stereocenters. The molecule has 0 radical (unpaired) electrons. The summed E-state index contributed by atoms with van der Waals surface area (Å²) in [4.78, 5) is 13.6. The smallest absolute Gasteiger partial charge is 0.173 e. The Balaban J connectivity index is 1.50. The number of Topliss-reactive ketones (excluding diaryl/α,β-unsaturated/α-hetero) is 1. The maximum atomic E-state index is 12.5. The van der Waals surface area contributed by atoms with Gasteiger partial charge in [0.05, 0.1) is 5.75 Å². The molecule has 0 saturated heterocycles. The SMILES string of the molecule is Nc1ccc(SCC(=O)c2ccc3c(c2)Cc2ccccc2-3)cc1. The predicted octanol–water partition coefficient (Wildman–Crippen LogP) is 4.82. The molecule has 0 bridgehead atoms. The van der Waals surface area contributed by atoms with Crippen LogP contribution in [-0.4, -0.2) is 11.5 Å². The largest absolute Gasteiger partial charge is 0.399 e. The lowest BCUT2D eigenvalue weighted by molar-refractivity contribution is 0.102. The van der Waals surface area contributed by atoms with E-state index in [0.717, 1.165) is 22.6 Å². The summed E-state index contributed by atoms with van der Waals surface area (Å²) in [7, 11) is 0. The predicted molar refractivity (Wildman–Crippen MR) is 101 cm³/mol. The van der Waals surface area contributed by atoms with Gasteiger partial charge in [0, 0.05) is 16.1 Å². The van der Waals surface area contributed by atoms with Crippen LogP contribution in [0.25, 0.3) is 11.1 Å². The number of rotatable bonds is 4. The highest BCUT2D eigenvalue weighted by Gasteiger charge is 2.19. The van der Waals surface area contributed by atoms with E-state index in [-0.39, 0.29) is 5.78 Å². The Hall–Kier alpha value is -2.52. The molecule has 2 N–H and O–H groups in total. The Morgan fingerprint density at radius 3 is 2.50 bits per heavy atom. The standard InChI is InChI=1S/C21H17NOS/c22-17-6-8-18(9-7-17)24-13-21(23)15-5-10-20-16(12-15)11-14-3-1-2-4-19(14)20/h1-10,12H,11,13,22H2. The normalized spacial score (nSPS) is 11.8. The third-order valence-corrected chi connectivity index (χ3v) is 5.38. The second kappa shape index (κ2) is 6.17. The van der Waals surface area contributed by atoms with E-state index >= 15 is 0 Å². The van der Waals surface area contributed by atoms with Crippen LogP contribution in [0.5, 0.6) is 0 Å². The highest BCUT2D eigenvalue weighted by molar-refractivity contribution is 8.00. The minimum absolute atomic E-state index is 0.163. The van der Waals surface area contributed by atoms with E-state index in [2.05, 4.69) is 36.4 Å². The van der Waals surface area contributed by atoms with E-state index in [4.69, 9.17) is 5.73 Å². The van der Waals surface area contributed by atoms with Crippen molar-refractivity contribution in [2.75, 3.05) is 11.5 Å². The average molecular weight is 331 g/mol. The summed E-state index contributed by atoms with van der Waals surface area (Å²) >= 11 is 1.55. The summed E-state index contributed by atoms with van der Waals surface area (Å²) in [5.74, 6) is 0.603. The summed E-state index contributed by atoms with van der Waals surface area (Å²) in [6.45, 7) is 0. The third kappa shape index (κ3) is 2.83. The van der Waals surface area contributed by atoms with Gasteiger partial charge in [-0.05, 0) is 59.0 Å². The van der Waals surface area contributed by atoms with Crippen LogP contribution in [-0.2, 0) is 6.42 Å². The van der Waals surface area contributed by atoms with Crippen molar-refractivity contribution in [3.63, 3.8) is 0 Å².